The van der Waals surface area contributed by atoms with Gasteiger partial charge in [0.15, 0.2) is 0 Å². The number of carbonyl (C=O) groups excluding carboxylic acids is 3. The molecule has 144 valence electrons. The van der Waals surface area contributed by atoms with Crippen molar-refractivity contribution < 1.29 is 28.6 Å². The lowest BCUT2D eigenvalue weighted by atomic mass is 10.2. The number of hydrogen-bond donors (Lipinski definition) is 1. The largest absolute Gasteiger partial charge is 0.466 e. The van der Waals surface area contributed by atoms with Gasteiger partial charge < -0.3 is 19.5 Å². The quantitative estimate of drug-likeness (QED) is 0.493. The number of anilines is 1. The maximum Gasteiger partial charge on any atom is 0.435 e. The molecule has 2 aromatic rings. The highest BCUT2D eigenvalue weighted by molar-refractivity contribution is 6.02. The number of rotatable bonds is 4. The van der Waals surface area contributed by atoms with Gasteiger partial charge in [-0.05, 0) is 26.8 Å². The van der Waals surface area contributed by atoms with Crippen LogP contribution < -0.4 is 5.32 Å². The van der Waals surface area contributed by atoms with Crippen LogP contribution in [0.4, 0.5) is 10.5 Å². The molecule has 1 N–H and O–H groups in total. The maximum absolute atomic E-state index is 12.5. The molecule has 0 aliphatic heterocycles. The van der Waals surface area contributed by atoms with E-state index in [9.17, 15) is 14.4 Å². The van der Waals surface area contributed by atoms with E-state index in [0.29, 0.717) is 16.6 Å². The smallest absolute Gasteiger partial charge is 0.435 e. The van der Waals surface area contributed by atoms with E-state index in [4.69, 9.17) is 4.74 Å². The Morgan fingerprint density at radius 3 is 2.44 bits per heavy atom. The molecular weight excluding hydrogens is 354 g/mol. The number of para-hydroxylation sites is 1. The molecule has 0 unspecified atom stereocenters. The fourth-order valence-corrected chi connectivity index (χ4v) is 2.20. The molecule has 0 aliphatic carbocycles. The molecule has 0 bridgehead atoms. The fraction of sp³-hybridized carbons (Fsp3) is 0.333. The molecule has 2 rings (SSSR count). The third kappa shape index (κ3) is 4.84. The van der Waals surface area contributed by atoms with Gasteiger partial charge in [0, 0.05) is 5.39 Å². The average molecular weight is 375 g/mol. The highest BCUT2D eigenvalue weighted by Crippen LogP contribution is 2.25. The number of nitrogens with one attached hydrogen (secondary N) is 1. The molecule has 9 heteroatoms. The summed E-state index contributed by atoms with van der Waals surface area (Å²) < 4.78 is 15.7. The Balaban J connectivity index is 2.50. The Morgan fingerprint density at radius 2 is 1.85 bits per heavy atom. The number of aromatic nitrogens is 2. The monoisotopic (exact) mass is 375 g/mol. The number of methoxy groups -OCH3 is 2. The summed E-state index contributed by atoms with van der Waals surface area (Å²) in [6, 6.07) is 5.08. The molecule has 0 fully saturated rings. The Hall–Kier alpha value is -3.36. The topological polar surface area (TPSA) is 109 Å². The van der Waals surface area contributed by atoms with Crippen molar-refractivity contribution in [1.29, 1.82) is 0 Å². The van der Waals surface area contributed by atoms with E-state index < -0.39 is 23.6 Å². The summed E-state index contributed by atoms with van der Waals surface area (Å²) in [5, 5.41) is 7.50. The van der Waals surface area contributed by atoms with Crippen molar-refractivity contribution in [3.8, 4) is 0 Å². The molecule has 0 spiro atoms. The summed E-state index contributed by atoms with van der Waals surface area (Å²) in [5.41, 5.74) is -0.128. The van der Waals surface area contributed by atoms with Gasteiger partial charge in [-0.3, -0.25) is 0 Å². The van der Waals surface area contributed by atoms with Gasteiger partial charge in [0.2, 0.25) is 0 Å². The van der Waals surface area contributed by atoms with Crippen LogP contribution in [0, 0.1) is 0 Å². The zero-order chi connectivity index (χ0) is 20.2. The molecule has 1 aromatic heterocycles. The van der Waals surface area contributed by atoms with Crippen LogP contribution >= 0.6 is 0 Å². The van der Waals surface area contributed by atoms with Gasteiger partial charge in [0.25, 0.3) is 0 Å². The van der Waals surface area contributed by atoms with Gasteiger partial charge in [-0.1, -0.05) is 12.1 Å². The summed E-state index contributed by atoms with van der Waals surface area (Å²) in [7, 11) is 2.37. The van der Waals surface area contributed by atoms with Crippen molar-refractivity contribution in [3.63, 3.8) is 0 Å². The summed E-state index contributed by atoms with van der Waals surface area (Å²) in [6.45, 7) is 5.22. The van der Waals surface area contributed by atoms with Crippen molar-refractivity contribution in [2.75, 3.05) is 19.5 Å². The van der Waals surface area contributed by atoms with Gasteiger partial charge in [-0.25, -0.2) is 14.4 Å². The van der Waals surface area contributed by atoms with Gasteiger partial charge >= 0.3 is 18.0 Å². The van der Waals surface area contributed by atoms with Gasteiger partial charge in [-0.15, -0.1) is 0 Å². The molecule has 1 aromatic carbocycles. The average Bonchev–Trinajstić information content (AvgIpc) is 3.04. The van der Waals surface area contributed by atoms with Gasteiger partial charge in [0.05, 0.1) is 32.2 Å². The van der Waals surface area contributed by atoms with E-state index in [2.05, 4.69) is 19.9 Å². The van der Waals surface area contributed by atoms with Gasteiger partial charge in [-0.2, -0.15) is 9.78 Å². The molecule has 27 heavy (non-hydrogen) atoms. The summed E-state index contributed by atoms with van der Waals surface area (Å²) in [6.07, 6.45) is 1.77. The number of fused-ring (bicyclic) bond motifs is 1. The summed E-state index contributed by atoms with van der Waals surface area (Å²) in [5.74, 6) is -1.52. The number of nitrogens with zero attached hydrogens (tertiary/aromatic N) is 2. The van der Waals surface area contributed by atoms with Crippen molar-refractivity contribution in [2.45, 2.75) is 26.4 Å². The zero-order valence-corrected chi connectivity index (χ0v) is 15.7. The minimum Gasteiger partial charge on any atom is -0.466 e. The van der Waals surface area contributed by atoms with E-state index in [-0.39, 0.29) is 5.70 Å². The summed E-state index contributed by atoms with van der Waals surface area (Å²) in [4.78, 5) is 36.0. The van der Waals surface area contributed by atoms with Crippen molar-refractivity contribution in [1.82, 2.24) is 9.78 Å². The van der Waals surface area contributed by atoms with Gasteiger partial charge in [0.1, 0.15) is 16.8 Å². The highest BCUT2D eigenvalue weighted by atomic mass is 16.6. The maximum atomic E-state index is 12.5. The van der Waals surface area contributed by atoms with E-state index >= 15 is 0 Å². The molecule has 0 saturated heterocycles. The van der Waals surface area contributed by atoms with Crippen LogP contribution in [0.5, 0.6) is 0 Å². The van der Waals surface area contributed by atoms with E-state index in [0.717, 1.165) is 10.8 Å². The Labute approximate surface area is 155 Å². The van der Waals surface area contributed by atoms with Crippen molar-refractivity contribution >= 4 is 34.6 Å². The van der Waals surface area contributed by atoms with Crippen LogP contribution in [-0.2, 0) is 23.8 Å². The second-order valence-corrected chi connectivity index (χ2v) is 6.48. The first-order valence-corrected chi connectivity index (χ1v) is 8.01. The molecule has 9 nitrogen and oxygen atoms in total. The van der Waals surface area contributed by atoms with Crippen molar-refractivity contribution in [3.05, 3.63) is 36.2 Å². The zero-order valence-electron chi connectivity index (χ0n) is 15.7. The van der Waals surface area contributed by atoms with Crippen LogP contribution in [-0.4, -0.2) is 47.6 Å². The minimum absolute atomic E-state index is 0.159. The predicted molar refractivity (Wildman–Crippen MR) is 97.1 cm³/mol. The normalized spacial score (nSPS) is 11.8. The Kier molecular flexibility index (Phi) is 5.84. The third-order valence-corrected chi connectivity index (χ3v) is 3.30. The highest BCUT2D eigenvalue weighted by Gasteiger charge is 2.22. The molecule has 1 heterocycles. The lowest BCUT2D eigenvalue weighted by Crippen LogP contribution is -2.28. The number of ether oxygens (including phenoxy) is 3. The van der Waals surface area contributed by atoms with Crippen LogP contribution in [0.15, 0.2) is 36.2 Å². The van der Waals surface area contributed by atoms with Crippen LogP contribution in [0.25, 0.3) is 10.9 Å². The first-order valence-electron chi connectivity index (χ1n) is 8.01. The fourth-order valence-electron chi connectivity index (χ4n) is 2.20. The lowest BCUT2D eigenvalue weighted by Gasteiger charge is -2.19. The Bertz CT molecular complexity index is 907. The first kappa shape index (κ1) is 20.0. The van der Waals surface area contributed by atoms with E-state index in [1.54, 1.807) is 39.0 Å². The van der Waals surface area contributed by atoms with E-state index in [1.165, 1.54) is 20.4 Å². The molecule has 0 amide bonds. The third-order valence-electron chi connectivity index (χ3n) is 3.30. The summed E-state index contributed by atoms with van der Waals surface area (Å²) >= 11 is 0. The molecule has 0 radical (unpaired) electrons. The SMILES string of the molecule is COC(=O)/C=C(/Nc1cccc2cnn(C(=O)OC(C)(C)C)c12)C(=O)OC. The second kappa shape index (κ2) is 7.90. The predicted octanol–water partition coefficient (Wildman–Crippen LogP) is 2.46. The Morgan fingerprint density at radius 1 is 1.15 bits per heavy atom. The molecule has 0 saturated carbocycles. The number of benzene rings is 1. The van der Waals surface area contributed by atoms with Crippen LogP contribution in [0.3, 0.4) is 0 Å². The minimum atomic E-state index is -0.777. The molecule has 0 atom stereocenters. The van der Waals surface area contributed by atoms with Crippen LogP contribution in [0.2, 0.25) is 0 Å². The van der Waals surface area contributed by atoms with E-state index in [1.807, 2.05) is 0 Å². The number of hydrogen-bond acceptors (Lipinski definition) is 8. The van der Waals surface area contributed by atoms with Crippen LogP contribution in [0.1, 0.15) is 20.8 Å². The molecule has 0 aliphatic rings. The first-order chi connectivity index (χ1) is 12.7. The standard InChI is InChI=1S/C18H21N3O6/c1-18(2,3)27-17(24)21-15-11(10-19-21)7-6-8-12(15)20-13(16(23)26-5)9-14(22)25-4/h6-10,20H,1-5H3/b13-9+. The second-order valence-electron chi connectivity index (χ2n) is 6.48. The number of carbonyl (C=O) groups is 3. The lowest BCUT2D eigenvalue weighted by molar-refractivity contribution is -0.138. The van der Waals surface area contributed by atoms with Crippen molar-refractivity contribution in [2.24, 2.45) is 0 Å². The molecular formula is C18H21N3O6. The number of esters is 2.